The van der Waals surface area contributed by atoms with Gasteiger partial charge < -0.3 is 9.88 Å². The predicted molar refractivity (Wildman–Crippen MR) is 81.0 cm³/mol. The molecule has 19 heavy (non-hydrogen) atoms. The molecule has 0 aliphatic carbocycles. The number of benzene rings is 1. The summed E-state index contributed by atoms with van der Waals surface area (Å²) in [4.78, 5) is 0. The fraction of sp³-hybridized carbons (Fsp3) is 0.267. The largest absolute Gasteiger partial charge is 0.381 e. The van der Waals surface area contributed by atoms with Crippen molar-refractivity contribution in [1.82, 2.24) is 4.57 Å². The van der Waals surface area contributed by atoms with E-state index in [0.29, 0.717) is 5.69 Å². The van der Waals surface area contributed by atoms with Gasteiger partial charge in [-0.05, 0) is 41.8 Å². The van der Waals surface area contributed by atoms with Gasteiger partial charge in [0.05, 0.1) is 0 Å². The van der Waals surface area contributed by atoms with Gasteiger partial charge in [0.25, 0.3) is 0 Å². The number of anilines is 1. The maximum Gasteiger partial charge on any atom is 0.120 e. The molecular weight excluding hydrogens is 302 g/mol. The molecule has 0 fully saturated rings. The SMILES string of the molecule is CCc1cc(Br)ccc1NCc1cc(C#N)n(C)c1. The molecule has 4 heteroatoms. The predicted octanol–water partition coefficient (Wildman–Crippen LogP) is 3.83. The van der Waals surface area contributed by atoms with E-state index in [4.69, 9.17) is 5.26 Å². The summed E-state index contributed by atoms with van der Waals surface area (Å²) in [6.07, 6.45) is 2.97. The molecule has 0 amide bonds. The van der Waals surface area contributed by atoms with Crippen LogP contribution in [0.5, 0.6) is 0 Å². The van der Waals surface area contributed by atoms with Crippen molar-refractivity contribution in [3.8, 4) is 6.07 Å². The number of nitrogens with zero attached hydrogens (tertiary/aromatic N) is 2. The number of nitriles is 1. The molecule has 0 saturated heterocycles. The van der Waals surface area contributed by atoms with Gasteiger partial charge in [-0.15, -0.1) is 0 Å². The molecule has 0 aliphatic heterocycles. The molecule has 0 atom stereocenters. The topological polar surface area (TPSA) is 40.8 Å². The Morgan fingerprint density at radius 1 is 1.37 bits per heavy atom. The van der Waals surface area contributed by atoms with Crippen LogP contribution in [-0.4, -0.2) is 4.57 Å². The van der Waals surface area contributed by atoms with Crippen LogP contribution < -0.4 is 5.32 Å². The molecule has 1 heterocycles. The van der Waals surface area contributed by atoms with Crippen LogP contribution in [0.1, 0.15) is 23.7 Å². The van der Waals surface area contributed by atoms with Gasteiger partial charge in [-0.3, -0.25) is 0 Å². The van der Waals surface area contributed by atoms with Crippen LogP contribution in [0.3, 0.4) is 0 Å². The highest BCUT2D eigenvalue weighted by atomic mass is 79.9. The summed E-state index contributed by atoms with van der Waals surface area (Å²) < 4.78 is 2.95. The van der Waals surface area contributed by atoms with Gasteiger partial charge in [0.1, 0.15) is 11.8 Å². The van der Waals surface area contributed by atoms with Crippen molar-refractivity contribution >= 4 is 21.6 Å². The van der Waals surface area contributed by atoms with Crippen molar-refractivity contribution < 1.29 is 0 Å². The summed E-state index contributed by atoms with van der Waals surface area (Å²) in [6.45, 7) is 2.87. The van der Waals surface area contributed by atoms with Crippen LogP contribution in [0.2, 0.25) is 0 Å². The molecule has 1 N–H and O–H groups in total. The van der Waals surface area contributed by atoms with E-state index < -0.39 is 0 Å². The molecule has 0 spiro atoms. The Bertz CT molecular complexity index is 623. The Kier molecular flexibility index (Phi) is 4.28. The number of halogens is 1. The average Bonchev–Trinajstić information content (AvgIpc) is 2.77. The van der Waals surface area contributed by atoms with E-state index in [0.717, 1.165) is 28.7 Å². The van der Waals surface area contributed by atoms with Gasteiger partial charge >= 0.3 is 0 Å². The minimum Gasteiger partial charge on any atom is -0.381 e. The molecular formula is C15H16BrN3. The van der Waals surface area contributed by atoms with Crippen LogP contribution in [0.4, 0.5) is 5.69 Å². The molecule has 0 unspecified atom stereocenters. The molecule has 2 aromatic rings. The van der Waals surface area contributed by atoms with E-state index in [9.17, 15) is 0 Å². The lowest BCUT2D eigenvalue weighted by atomic mass is 10.1. The van der Waals surface area contributed by atoms with Crippen molar-refractivity contribution in [3.05, 3.63) is 51.8 Å². The van der Waals surface area contributed by atoms with Crippen LogP contribution in [0.15, 0.2) is 34.9 Å². The zero-order valence-corrected chi connectivity index (χ0v) is 12.7. The zero-order valence-electron chi connectivity index (χ0n) is 11.1. The smallest absolute Gasteiger partial charge is 0.120 e. The summed E-state index contributed by atoms with van der Waals surface area (Å²) in [7, 11) is 1.89. The normalized spacial score (nSPS) is 10.2. The fourth-order valence-corrected chi connectivity index (χ4v) is 2.47. The number of aromatic nitrogens is 1. The summed E-state index contributed by atoms with van der Waals surface area (Å²) >= 11 is 3.49. The Hall–Kier alpha value is -1.73. The summed E-state index contributed by atoms with van der Waals surface area (Å²) in [5.41, 5.74) is 4.23. The second kappa shape index (κ2) is 5.94. The average molecular weight is 318 g/mol. The van der Waals surface area contributed by atoms with Gasteiger partial charge in [-0.25, -0.2) is 0 Å². The van der Waals surface area contributed by atoms with Crippen molar-refractivity contribution in [1.29, 1.82) is 5.26 Å². The molecule has 0 aliphatic rings. The second-order valence-electron chi connectivity index (χ2n) is 4.46. The first-order valence-corrected chi connectivity index (χ1v) is 7.01. The van der Waals surface area contributed by atoms with Gasteiger partial charge in [0.15, 0.2) is 0 Å². The molecule has 2 rings (SSSR count). The van der Waals surface area contributed by atoms with Gasteiger partial charge in [-0.2, -0.15) is 5.26 Å². The minimum atomic E-state index is 0.684. The fourth-order valence-electron chi connectivity index (χ4n) is 2.07. The van der Waals surface area contributed by atoms with Gasteiger partial charge in [-0.1, -0.05) is 22.9 Å². The van der Waals surface area contributed by atoms with Crippen molar-refractivity contribution in [2.45, 2.75) is 19.9 Å². The second-order valence-corrected chi connectivity index (χ2v) is 5.38. The molecule has 0 bridgehead atoms. The maximum atomic E-state index is 8.93. The van der Waals surface area contributed by atoms with E-state index in [-0.39, 0.29) is 0 Å². The number of hydrogen-bond donors (Lipinski definition) is 1. The lowest BCUT2D eigenvalue weighted by Gasteiger charge is -2.10. The monoisotopic (exact) mass is 317 g/mol. The molecule has 0 radical (unpaired) electrons. The Balaban J connectivity index is 2.12. The van der Waals surface area contributed by atoms with Crippen LogP contribution in [0.25, 0.3) is 0 Å². The van der Waals surface area contributed by atoms with E-state index >= 15 is 0 Å². The van der Waals surface area contributed by atoms with Crippen molar-refractivity contribution in [2.75, 3.05) is 5.32 Å². The summed E-state index contributed by atoms with van der Waals surface area (Å²) in [5, 5.41) is 12.4. The third-order valence-corrected chi connectivity index (χ3v) is 3.60. The molecule has 1 aromatic carbocycles. The van der Waals surface area contributed by atoms with Crippen LogP contribution in [0, 0.1) is 11.3 Å². The highest BCUT2D eigenvalue weighted by molar-refractivity contribution is 9.10. The summed E-state index contributed by atoms with van der Waals surface area (Å²) in [5.74, 6) is 0. The first kappa shape index (κ1) is 13.7. The van der Waals surface area contributed by atoms with E-state index in [1.165, 1.54) is 5.56 Å². The van der Waals surface area contributed by atoms with Gasteiger partial charge in [0.2, 0.25) is 0 Å². The first-order chi connectivity index (χ1) is 9.13. The third-order valence-electron chi connectivity index (χ3n) is 3.11. The zero-order chi connectivity index (χ0) is 13.8. The number of rotatable bonds is 4. The third kappa shape index (κ3) is 3.18. The molecule has 3 nitrogen and oxygen atoms in total. The van der Waals surface area contributed by atoms with Crippen LogP contribution >= 0.6 is 15.9 Å². The molecule has 98 valence electrons. The Labute approximate surface area is 122 Å². The lowest BCUT2D eigenvalue weighted by molar-refractivity contribution is 0.902. The Morgan fingerprint density at radius 2 is 2.16 bits per heavy atom. The Morgan fingerprint density at radius 3 is 2.79 bits per heavy atom. The number of aryl methyl sites for hydroxylation is 2. The highest BCUT2D eigenvalue weighted by Gasteiger charge is 2.04. The molecule has 0 saturated carbocycles. The van der Waals surface area contributed by atoms with Crippen molar-refractivity contribution in [3.63, 3.8) is 0 Å². The maximum absolute atomic E-state index is 8.93. The number of hydrogen-bond acceptors (Lipinski definition) is 2. The van der Waals surface area contributed by atoms with Crippen molar-refractivity contribution in [2.24, 2.45) is 7.05 Å². The van der Waals surface area contributed by atoms with E-state index in [2.05, 4.69) is 46.4 Å². The van der Waals surface area contributed by atoms with Crippen LogP contribution in [-0.2, 0) is 20.0 Å². The van der Waals surface area contributed by atoms with E-state index in [1.54, 1.807) is 0 Å². The lowest BCUT2D eigenvalue weighted by Crippen LogP contribution is -2.01. The standard InChI is InChI=1S/C15H16BrN3/c1-3-12-7-13(16)4-5-15(12)18-9-11-6-14(8-17)19(2)10-11/h4-7,10,18H,3,9H2,1-2H3. The first-order valence-electron chi connectivity index (χ1n) is 6.21. The molecule has 1 aromatic heterocycles. The highest BCUT2D eigenvalue weighted by Crippen LogP contribution is 2.22. The summed E-state index contributed by atoms with van der Waals surface area (Å²) in [6, 6.07) is 10.3. The quantitative estimate of drug-likeness (QED) is 0.930. The minimum absolute atomic E-state index is 0.684. The number of nitrogens with one attached hydrogen (secondary N) is 1. The van der Waals surface area contributed by atoms with Gasteiger partial charge in [0, 0.05) is 29.9 Å². The van der Waals surface area contributed by atoms with E-state index in [1.807, 2.05) is 29.9 Å².